The number of rotatable bonds is 2. The van der Waals surface area contributed by atoms with E-state index in [-0.39, 0.29) is 12.0 Å². The highest BCUT2D eigenvalue weighted by atomic mass is 16.5. The molecule has 0 bridgehead atoms. The molecule has 1 rings (SSSR count). The summed E-state index contributed by atoms with van der Waals surface area (Å²) in [6.07, 6.45) is 2.54. The van der Waals surface area contributed by atoms with E-state index in [2.05, 4.69) is 5.43 Å². The molecule has 1 amide bonds. The lowest BCUT2D eigenvalue weighted by Gasteiger charge is -2.06. The molecule has 0 saturated carbocycles. The van der Waals surface area contributed by atoms with Crippen LogP contribution in [-0.2, 0) is 9.53 Å². The molecule has 1 fully saturated rings. The van der Waals surface area contributed by atoms with Gasteiger partial charge in [0.15, 0.2) is 0 Å². The maximum absolute atomic E-state index is 10.7. The minimum absolute atomic E-state index is 0.101. The SMILES string of the molecule is NNC(=O)C[C@@H]1CCCO1. The van der Waals surface area contributed by atoms with E-state index >= 15 is 0 Å². The summed E-state index contributed by atoms with van der Waals surface area (Å²) in [5, 5.41) is 0. The number of nitrogens with one attached hydrogen (secondary N) is 1. The maximum Gasteiger partial charge on any atom is 0.236 e. The summed E-state index contributed by atoms with van der Waals surface area (Å²) in [6.45, 7) is 0.780. The van der Waals surface area contributed by atoms with Crippen molar-refractivity contribution in [3.8, 4) is 0 Å². The van der Waals surface area contributed by atoms with Gasteiger partial charge in [0.25, 0.3) is 0 Å². The van der Waals surface area contributed by atoms with Crippen molar-refractivity contribution in [3.63, 3.8) is 0 Å². The first-order chi connectivity index (χ1) is 4.83. The van der Waals surface area contributed by atoms with E-state index in [0.29, 0.717) is 6.42 Å². The number of nitrogens with two attached hydrogens (primary N) is 1. The van der Waals surface area contributed by atoms with Crippen LogP contribution < -0.4 is 11.3 Å². The Morgan fingerprint density at radius 3 is 3.10 bits per heavy atom. The molecule has 0 radical (unpaired) electrons. The van der Waals surface area contributed by atoms with Crippen LogP contribution in [0.3, 0.4) is 0 Å². The lowest BCUT2D eigenvalue weighted by molar-refractivity contribution is -0.123. The molecule has 0 aromatic carbocycles. The van der Waals surface area contributed by atoms with E-state index in [0.717, 1.165) is 19.4 Å². The van der Waals surface area contributed by atoms with Gasteiger partial charge in [-0.2, -0.15) is 0 Å². The first kappa shape index (κ1) is 7.50. The Morgan fingerprint density at radius 2 is 2.60 bits per heavy atom. The second-order valence-corrected chi connectivity index (χ2v) is 2.41. The fraction of sp³-hybridized carbons (Fsp3) is 0.833. The molecule has 0 spiro atoms. The van der Waals surface area contributed by atoms with Gasteiger partial charge in [-0.1, -0.05) is 0 Å². The Bertz CT molecular complexity index is 121. The van der Waals surface area contributed by atoms with Gasteiger partial charge in [-0.25, -0.2) is 5.84 Å². The smallest absolute Gasteiger partial charge is 0.236 e. The molecule has 58 valence electrons. The highest BCUT2D eigenvalue weighted by molar-refractivity contribution is 5.75. The van der Waals surface area contributed by atoms with Crippen molar-refractivity contribution in [2.45, 2.75) is 25.4 Å². The van der Waals surface area contributed by atoms with Crippen molar-refractivity contribution in [1.29, 1.82) is 0 Å². The van der Waals surface area contributed by atoms with Crippen LogP contribution >= 0.6 is 0 Å². The van der Waals surface area contributed by atoms with Gasteiger partial charge in [-0.15, -0.1) is 0 Å². The molecule has 0 aromatic rings. The summed E-state index contributed by atoms with van der Waals surface area (Å²) in [7, 11) is 0. The number of hydrogen-bond donors (Lipinski definition) is 2. The fourth-order valence-electron chi connectivity index (χ4n) is 1.07. The fourth-order valence-corrected chi connectivity index (χ4v) is 1.07. The molecule has 1 aliphatic rings. The second kappa shape index (κ2) is 3.53. The molecular formula is C6H12N2O2. The average molecular weight is 144 g/mol. The molecule has 0 aliphatic carbocycles. The molecule has 4 heteroatoms. The van der Waals surface area contributed by atoms with E-state index in [9.17, 15) is 4.79 Å². The zero-order chi connectivity index (χ0) is 7.40. The first-order valence-electron chi connectivity index (χ1n) is 3.44. The van der Waals surface area contributed by atoms with Crippen molar-refractivity contribution in [3.05, 3.63) is 0 Å². The molecule has 0 aromatic heterocycles. The molecule has 3 N–H and O–H groups in total. The van der Waals surface area contributed by atoms with Gasteiger partial charge in [-0.3, -0.25) is 10.2 Å². The summed E-state index contributed by atoms with van der Waals surface area (Å²) < 4.78 is 5.21. The Balaban J connectivity index is 2.17. The minimum atomic E-state index is -0.146. The standard InChI is InChI=1S/C6H12N2O2/c7-8-6(9)4-5-2-1-3-10-5/h5H,1-4,7H2,(H,8,9)/t5-/m0/s1. The quantitative estimate of drug-likeness (QED) is 0.313. The number of hydrogen-bond acceptors (Lipinski definition) is 3. The molecule has 1 atom stereocenters. The van der Waals surface area contributed by atoms with Gasteiger partial charge in [0.05, 0.1) is 12.5 Å². The van der Waals surface area contributed by atoms with E-state index in [1.807, 2.05) is 0 Å². The van der Waals surface area contributed by atoms with Crippen LogP contribution in [0.5, 0.6) is 0 Å². The molecule has 10 heavy (non-hydrogen) atoms. The van der Waals surface area contributed by atoms with Crippen LogP contribution in [0.25, 0.3) is 0 Å². The van der Waals surface area contributed by atoms with Crippen LogP contribution in [-0.4, -0.2) is 18.6 Å². The van der Waals surface area contributed by atoms with Crippen LogP contribution in [0.4, 0.5) is 0 Å². The van der Waals surface area contributed by atoms with E-state index in [1.54, 1.807) is 0 Å². The number of carbonyl (C=O) groups is 1. The summed E-state index contributed by atoms with van der Waals surface area (Å²) in [4.78, 5) is 10.7. The number of amides is 1. The summed E-state index contributed by atoms with van der Waals surface area (Å²) in [5.74, 6) is 4.75. The molecule has 4 nitrogen and oxygen atoms in total. The van der Waals surface area contributed by atoms with Gasteiger partial charge in [0.2, 0.25) is 5.91 Å². The van der Waals surface area contributed by atoms with Crippen LogP contribution in [0.1, 0.15) is 19.3 Å². The van der Waals surface area contributed by atoms with Crippen molar-refractivity contribution < 1.29 is 9.53 Å². The molecular weight excluding hydrogens is 132 g/mol. The van der Waals surface area contributed by atoms with E-state index in [1.165, 1.54) is 0 Å². The summed E-state index contributed by atoms with van der Waals surface area (Å²) >= 11 is 0. The van der Waals surface area contributed by atoms with Gasteiger partial charge in [0.1, 0.15) is 0 Å². The lowest BCUT2D eigenvalue weighted by atomic mass is 10.2. The third-order valence-corrected chi connectivity index (χ3v) is 1.60. The summed E-state index contributed by atoms with van der Waals surface area (Å²) in [6, 6.07) is 0. The minimum Gasteiger partial charge on any atom is -0.378 e. The largest absolute Gasteiger partial charge is 0.378 e. The topological polar surface area (TPSA) is 64.3 Å². The zero-order valence-corrected chi connectivity index (χ0v) is 5.80. The van der Waals surface area contributed by atoms with Gasteiger partial charge < -0.3 is 4.74 Å². The van der Waals surface area contributed by atoms with E-state index in [4.69, 9.17) is 10.6 Å². The van der Waals surface area contributed by atoms with Gasteiger partial charge in [0, 0.05) is 6.61 Å². The molecule has 1 aliphatic heterocycles. The Labute approximate surface area is 59.7 Å². The zero-order valence-electron chi connectivity index (χ0n) is 5.80. The van der Waals surface area contributed by atoms with Gasteiger partial charge in [-0.05, 0) is 12.8 Å². The van der Waals surface area contributed by atoms with Crippen LogP contribution in [0, 0.1) is 0 Å². The Morgan fingerprint density at radius 1 is 1.80 bits per heavy atom. The normalized spacial score (nSPS) is 24.7. The Kier molecular flexibility index (Phi) is 2.65. The average Bonchev–Trinajstić information content (AvgIpc) is 2.40. The predicted molar refractivity (Wildman–Crippen MR) is 35.9 cm³/mol. The third-order valence-electron chi connectivity index (χ3n) is 1.60. The molecule has 0 unspecified atom stereocenters. The third kappa shape index (κ3) is 1.97. The number of carbonyl (C=O) groups excluding carboxylic acids is 1. The van der Waals surface area contributed by atoms with Crippen molar-refractivity contribution in [2.75, 3.05) is 6.61 Å². The number of ether oxygens (including phenoxy) is 1. The van der Waals surface area contributed by atoms with E-state index < -0.39 is 0 Å². The monoisotopic (exact) mass is 144 g/mol. The lowest BCUT2D eigenvalue weighted by Crippen LogP contribution is -2.32. The highest BCUT2D eigenvalue weighted by Crippen LogP contribution is 2.14. The predicted octanol–water partition coefficient (Wildman–Crippen LogP) is -0.455. The van der Waals surface area contributed by atoms with Crippen molar-refractivity contribution in [1.82, 2.24) is 5.43 Å². The van der Waals surface area contributed by atoms with Crippen molar-refractivity contribution in [2.24, 2.45) is 5.84 Å². The summed E-state index contributed by atoms with van der Waals surface area (Å²) in [5.41, 5.74) is 2.07. The van der Waals surface area contributed by atoms with Gasteiger partial charge >= 0.3 is 0 Å². The first-order valence-corrected chi connectivity index (χ1v) is 3.44. The maximum atomic E-state index is 10.7. The molecule has 1 saturated heterocycles. The molecule has 1 heterocycles. The van der Waals surface area contributed by atoms with Crippen LogP contribution in [0.2, 0.25) is 0 Å². The highest BCUT2D eigenvalue weighted by Gasteiger charge is 2.17. The number of hydrazine groups is 1. The second-order valence-electron chi connectivity index (χ2n) is 2.41. The Hall–Kier alpha value is -0.610. The van der Waals surface area contributed by atoms with Crippen LogP contribution in [0.15, 0.2) is 0 Å². The van der Waals surface area contributed by atoms with Crippen molar-refractivity contribution >= 4 is 5.91 Å².